The highest BCUT2D eigenvalue weighted by atomic mass is 16.5. The number of Topliss-reactive ketones (excluding diaryl/α,β-unsaturated/α-hetero) is 1. The fourth-order valence-electron chi connectivity index (χ4n) is 5.94. The Bertz CT molecular complexity index is 1200. The Hall–Kier alpha value is -3.75. The fourth-order valence-corrected chi connectivity index (χ4v) is 5.94. The topological polar surface area (TPSA) is 94.6 Å². The predicted molar refractivity (Wildman–Crippen MR) is 130 cm³/mol. The van der Waals surface area contributed by atoms with Gasteiger partial charge in [-0.1, -0.05) is 6.07 Å². The number of methoxy groups -OCH3 is 4. The van der Waals surface area contributed by atoms with E-state index in [1.165, 1.54) is 38.4 Å². The van der Waals surface area contributed by atoms with Crippen LogP contribution in [0.5, 0.6) is 23.0 Å². The molecule has 0 radical (unpaired) electrons. The van der Waals surface area contributed by atoms with Gasteiger partial charge in [-0.25, -0.2) is 0 Å². The third-order valence-corrected chi connectivity index (χ3v) is 7.59. The van der Waals surface area contributed by atoms with E-state index in [2.05, 4.69) is 0 Å². The molecule has 0 spiro atoms. The average molecular weight is 495 g/mol. The quantitative estimate of drug-likeness (QED) is 0.450. The van der Waals surface area contributed by atoms with Gasteiger partial charge in [-0.15, -0.1) is 0 Å². The van der Waals surface area contributed by atoms with Gasteiger partial charge in [0.1, 0.15) is 11.8 Å². The third-order valence-electron chi connectivity index (χ3n) is 7.59. The zero-order valence-electron chi connectivity index (χ0n) is 20.9. The van der Waals surface area contributed by atoms with Crippen molar-refractivity contribution < 1.29 is 33.3 Å². The smallest absolute Gasteiger partial charge is 0.295 e. The zero-order valence-corrected chi connectivity index (χ0v) is 20.9. The number of piperidine rings is 1. The first kappa shape index (κ1) is 24.0. The van der Waals surface area contributed by atoms with E-state index < -0.39 is 17.7 Å². The summed E-state index contributed by atoms with van der Waals surface area (Å²) < 4.78 is 21.5. The number of hydrogen-bond donors (Lipinski definition) is 0. The molecule has 3 atom stereocenters. The molecular weight excluding hydrogens is 464 g/mol. The van der Waals surface area contributed by atoms with E-state index in [0.29, 0.717) is 25.1 Å². The molecule has 0 N–H and O–H groups in total. The molecule has 190 valence electrons. The number of hydrogen-bond acceptors (Lipinski definition) is 7. The van der Waals surface area contributed by atoms with E-state index in [0.717, 1.165) is 29.7 Å². The number of fused-ring (bicyclic) bond motifs is 6. The number of amides is 2. The number of carbonyl (C=O) groups excluding carboxylic acids is 3. The van der Waals surface area contributed by atoms with Gasteiger partial charge in [0, 0.05) is 12.1 Å². The number of carbonyl (C=O) groups is 3. The summed E-state index contributed by atoms with van der Waals surface area (Å²) in [4.78, 5) is 44.3. The molecule has 0 aromatic heterocycles. The number of rotatable bonds is 6. The van der Waals surface area contributed by atoms with Crippen molar-refractivity contribution in [3.05, 3.63) is 47.0 Å². The van der Waals surface area contributed by atoms with E-state index >= 15 is 0 Å². The molecule has 0 aliphatic carbocycles. The second kappa shape index (κ2) is 9.37. The number of benzene rings is 2. The first-order chi connectivity index (χ1) is 17.4. The van der Waals surface area contributed by atoms with Gasteiger partial charge in [0.15, 0.2) is 11.5 Å². The van der Waals surface area contributed by atoms with Gasteiger partial charge in [-0.05, 0) is 61.1 Å². The highest BCUT2D eigenvalue weighted by molar-refractivity contribution is 6.43. The van der Waals surface area contributed by atoms with Crippen LogP contribution in [-0.2, 0) is 16.0 Å². The van der Waals surface area contributed by atoms with Crippen LogP contribution in [-0.4, -0.2) is 74.5 Å². The largest absolute Gasteiger partial charge is 0.497 e. The first-order valence-electron chi connectivity index (χ1n) is 12.1. The minimum atomic E-state index is -0.710. The summed E-state index contributed by atoms with van der Waals surface area (Å²) >= 11 is 0. The van der Waals surface area contributed by atoms with Crippen molar-refractivity contribution in [2.24, 2.45) is 0 Å². The molecule has 3 aliphatic rings. The van der Waals surface area contributed by atoms with E-state index in [1.54, 1.807) is 7.11 Å². The first-order valence-corrected chi connectivity index (χ1v) is 12.1. The molecular formula is C27H30N2O7. The van der Waals surface area contributed by atoms with Crippen molar-refractivity contribution in [3.8, 4) is 23.0 Å². The average Bonchev–Trinajstić information content (AvgIpc) is 2.92. The lowest BCUT2D eigenvalue weighted by atomic mass is 9.78. The number of nitrogens with zero attached hydrogens (tertiary/aromatic N) is 2. The van der Waals surface area contributed by atoms with Crippen LogP contribution in [0.25, 0.3) is 0 Å². The highest BCUT2D eigenvalue weighted by Crippen LogP contribution is 2.45. The molecule has 3 heterocycles. The number of piperazine rings is 1. The van der Waals surface area contributed by atoms with Crippen molar-refractivity contribution in [1.82, 2.24) is 9.80 Å². The second-order valence-electron chi connectivity index (χ2n) is 9.26. The minimum Gasteiger partial charge on any atom is -0.497 e. The second-order valence-corrected chi connectivity index (χ2v) is 9.26. The molecule has 2 fully saturated rings. The van der Waals surface area contributed by atoms with Crippen molar-refractivity contribution in [2.75, 3.05) is 35.0 Å². The van der Waals surface area contributed by atoms with Crippen LogP contribution in [0.4, 0.5) is 0 Å². The Morgan fingerprint density at radius 3 is 2.28 bits per heavy atom. The molecule has 2 bridgehead atoms. The molecule has 0 saturated carbocycles. The zero-order chi connectivity index (χ0) is 25.6. The Morgan fingerprint density at radius 2 is 1.64 bits per heavy atom. The summed E-state index contributed by atoms with van der Waals surface area (Å²) in [5.74, 6) is 0.165. The lowest BCUT2D eigenvalue weighted by Gasteiger charge is -2.55. The standard InChI is InChI=1S/C27H30N2O7/c1-33-17-8-9-18-15(12-17)10-11-28-23(18)19-6-5-7-20(26(28)31)29(19)27(32)24(30)16-13-21(34-2)25(36-4)22(14-16)35-3/h8-9,12-14,19-20,23H,5-7,10-11H2,1-4H3. The summed E-state index contributed by atoms with van der Waals surface area (Å²) in [5, 5.41) is 0. The maximum Gasteiger partial charge on any atom is 0.295 e. The van der Waals surface area contributed by atoms with Gasteiger partial charge in [0.2, 0.25) is 11.7 Å². The van der Waals surface area contributed by atoms with Crippen LogP contribution in [0.2, 0.25) is 0 Å². The molecule has 3 unspecified atom stereocenters. The Balaban J connectivity index is 1.53. The molecule has 9 heteroatoms. The highest BCUT2D eigenvalue weighted by Gasteiger charge is 2.53. The molecule has 2 amide bonds. The Labute approximate surface area is 209 Å². The van der Waals surface area contributed by atoms with Gasteiger partial charge < -0.3 is 28.7 Å². The van der Waals surface area contributed by atoms with Crippen LogP contribution >= 0.6 is 0 Å². The van der Waals surface area contributed by atoms with Gasteiger partial charge >= 0.3 is 0 Å². The van der Waals surface area contributed by atoms with Gasteiger partial charge in [0.05, 0.1) is 40.5 Å². The van der Waals surface area contributed by atoms with Crippen molar-refractivity contribution in [1.29, 1.82) is 0 Å². The van der Waals surface area contributed by atoms with Gasteiger partial charge in [-0.3, -0.25) is 14.4 Å². The summed E-state index contributed by atoms with van der Waals surface area (Å²) in [5.41, 5.74) is 2.24. The predicted octanol–water partition coefficient (Wildman–Crippen LogP) is 2.79. The molecule has 5 rings (SSSR count). The van der Waals surface area contributed by atoms with Gasteiger partial charge in [0.25, 0.3) is 11.7 Å². The normalized spacial score (nSPS) is 22.3. The van der Waals surface area contributed by atoms with E-state index in [-0.39, 0.29) is 35.1 Å². The summed E-state index contributed by atoms with van der Waals surface area (Å²) in [6.45, 7) is 0.583. The maximum atomic E-state index is 13.8. The van der Waals surface area contributed by atoms with E-state index in [9.17, 15) is 14.4 Å². The van der Waals surface area contributed by atoms with Crippen LogP contribution in [0.15, 0.2) is 30.3 Å². The minimum absolute atomic E-state index is 0.0940. The molecule has 2 saturated heterocycles. The molecule has 3 aliphatic heterocycles. The summed E-state index contributed by atoms with van der Waals surface area (Å²) in [6.07, 6.45) is 2.80. The van der Waals surface area contributed by atoms with Crippen molar-refractivity contribution in [3.63, 3.8) is 0 Å². The molecule has 9 nitrogen and oxygen atoms in total. The molecule has 2 aromatic carbocycles. The molecule has 36 heavy (non-hydrogen) atoms. The molecule has 2 aromatic rings. The monoisotopic (exact) mass is 494 g/mol. The van der Waals surface area contributed by atoms with E-state index in [1.807, 2.05) is 23.1 Å². The number of ether oxygens (including phenoxy) is 4. The summed E-state index contributed by atoms with van der Waals surface area (Å²) in [6, 6.07) is 7.59. The van der Waals surface area contributed by atoms with E-state index in [4.69, 9.17) is 18.9 Å². The third kappa shape index (κ3) is 3.65. The summed E-state index contributed by atoms with van der Waals surface area (Å²) in [7, 11) is 6.00. The fraction of sp³-hybridized carbons (Fsp3) is 0.444. The van der Waals surface area contributed by atoms with Gasteiger partial charge in [-0.2, -0.15) is 0 Å². The SMILES string of the molecule is COc1ccc2c(c1)CCN1C(=O)C3CCCC(C21)N3C(=O)C(=O)c1cc(OC)c(OC)c(OC)c1. The Kier molecular flexibility index (Phi) is 6.24. The lowest BCUT2D eigenvalue weighted by molar-refractivity contribution is -0.164. The lowest BCUT2D eigenvalue weighted by Crippen LogP contribution is -2.68. The van der Waals surface area contributed by atoms with Crippen LogP contribution in [0.1, 0.15) is 46.8 Å². The number of ketones is 1. The maximum absolute atomic E-state index is 13.8. The Morgan fingerprint density at radius 1 is 0.917 bits per heavy atom. The van der Waals surface area contributed by atoms with Crippen molar-refractivity contribution in [2.45, 2.75) is 43.8 Å². The van der Waals surface area contributed by atoms with Crippen molar-refractivity contribution >= 4 is 17.6 Å². The van der Waals surface area contributed by atoms with Crippen LogP contribution in [0.3, 0.4) is 0 Å². The van der Waals surface area contributed by atoms with Crippen LogP contribution < -0.4 is 18.9 Å². The van der Waals surface area contributed by atoms with Crippen LogP contribution in [0, 0.1) is 0 Å².